The minimum absolute atomic E-state index is 0.0225. The van der Waals surface area contributed by atoms with Gasteiger partial charge in [-0.2, -0.15) is 0 Å². The molecule has 0 aromatic heterocycles. The first-order valence-electron chi connectivity index (χ1n) is 2.85. The van der Waals surface area contributed by atoms with E-state index in [1.54, 1.807) is 0 Å². The van der Waals surface area contributed by atoms with E-state index < -0.39 is 5.82 Å². The van der Waals surface area contributed by atoms with Gasteiger partial charge in [-0.25, -0.2) is 4.39 Å². The number of hydrogen-bond donors (Lipinski definition) is 1. The lowest BCUT2D eigenvalue weighted by atomic mass is 10.2. The van der Waals surface area contributed by atoms with Gasteiger partial charge in [0.15, 0.2) is 6.29 Å². The summed E-state index contributed by atoms with van der Waals surface area (Å²) in [6, 6.07) is 2.45. The molecule has 4 heteroatoms. The Kier molecular flexibility index (Phi) is 2.24. The number of nitrogens with two attached hydrogens (primary N) is 1. The Hall–Kier alpha value is -0.900. The zero-order chi connectivity index (χ0) is 8.43. The maximum absolute atomic E-state index is 12.7. The number of nitrogen functional groups attached to an aromatic ring is 1. The molecule has 0 saturated carbocycles. The molecule has 1 aromatic rings. The highest BCUT2D eigenvalue weighted by molar-refractivity contribution is 9.10. The van der Waals surface area contributed by atoms with Crippen LogP contribution in [0, 0.1) is 5.82 Å². The lowest BCUT2D eigenvalue weighted by molar-refractivity contribution is 0.112. The van der Waals surface area contributed by atoms with Crippen LogP contribution < -0.4 is 5.73 Å². The molecule has 0 aliphatic heterocycles. The minimum Gasteiger partial charge on any atom is -0.398 e. The van der Waals surface area contributed by atoms with Crippen LogP contribution in [0.4, 0.5) is 10.1 Å². The third-order valence-electron chi connectivity index (χ3n) is 1.24. The van der Waals surface area contributed by atoms with Gasteiger partial charge in [0, 0.05) is 10.2 Å². The summed E-state index contributed by atoms with van der Waals surface area (Å²) in [5.74, 6) is -0.568. The van der Waals surface area contributed by atoms with Crippen molar-refractivity contribution in [3.63, 3.8) is 0 Å². The largest absolute Gasteiger partial charge is 0.398 e. The van der Waals surface area contributed by atoms with E-state index in [2.05, 4.69) is 15.9 Å². The normalized spacial score (nSPS) is 9.64. The summed E-state index contributed by atoms with van der Waals surface area (Å²) in [4.78, 5) is 10.2. The molecule has 0 radical (unpaired) electrons. The average Bonchev–Trinajstić information content (AvgIpc) is 1.97. The standard InChI is InChI=1S/C7H5BrFNO/c8-5-2-6(9)4(3-11)1-7(5)10/h1-3H,10H2. The van der Waals surface area contributed by atoms with Crippen LogP contribution in [-0.2, 0) is 0 Å². The van der Waals surface area contributed by atoms with E-state index in [1.165, 1.54) is 12.1 Å². The summed E-state index contributed by atoms with van der Waals surface area (Å²) < 4.78 is 13.2. The lowest BCUT2D eigenvalue weighted by Crippen LogP contribution is -1.93. The maximum atomic E-state index is 12.7. The summed E-state index contributed by atoms with van der Waals surface area (Å²) in [6.45, 7) is 0. The second-order valence-corrected chi connectivity index (χ2v) is 2.87. The van der Waals surface area contributed by atoms with Crippen LogP contribution in [-0.4, -0.2) is 6.29 Å². The van der Waals surface area contributed by atoms with Gasteiger partial charge in [-0.1, -0.05) is 0 Å². The van der Waals surface area contributed by atoms with Crippen molar-refractivity contribution in [1.82, 2.24) is 0 Å². The van der Waals surface area contributed by atoms with E-state index >= 15 is 0 Å². The van der Waals surface area contributed by atoms with Crippen molar-refractivity contribution >= 4 is 27.9 Å². The van der Waals surface area contributed by atoms with E-state index in [0.29, 0.717) is 16.4 Å². The first-order chi connectivity index (χ1) is 5.15. The van der Waals surface area contributed by atoms with Crippen molar-refractivity contribution in [2.45, 2.75) is 0 Å². The van der Waals surface area contributed by atoms with Crippen LogP contribution >= 0.6 is 15.9 Å². The molecule has 0 spiro atoms. The predicted molar refractivity (Wildman–Crippen MR) is 43.9 cm³/mol. The molecule has 11 heavy (non-hydrogen) atoms. The second kappa shape index (κ2) is 3.00. The molecule has 0 unspecified atom stereocenters. The molecule has 0 bridgehead atoms. The second-order valence-electron chi connectivity index (χ2n) is 2.01. The Balaban J connectivity index is 3.31. The van der Waals surface area contributed by atoms with Gasteiger partial charge in [0.05, 0.1) is 5.56 Å². The van der Waals surface area contributed by atoms with Gasteiger partial charge in [-0.3, -0.25) is 4.79 Å². The van der Waals surface area contributed by atoms with Crippen molar-refractivity contribution in [3.8, 4) is 0 Å². The maximum Gasteiger partial charge on any atom is 0.153 e. The van der Waals surface area contributed by atoms with E-state index in [-0.39, 0.29) is 5.56 Å². The number of hydrogen-bond acceptors (Lipinski definition) is 2. The first-order valence-corrected chi connectivity index (χ1v) is 3.64. The van der Waals surface area contributed by atoms with E-state index in [9.17, 15) is 9.18 Å². The van der Waals surface area contributed by atoms with Crippen LogP contribution in [0.5, 0.6) is 0 Å². The fraction of sp³-hybridized carbons (Fsp3) is 0. The summed E-state index contributed by atoms with van der Waals surface area (Å²) in [5.41, 5.74) is 5.73. The quantitative estimate of drug-likeness (QED) is 0.578. The molecule has 0 amide bonds. The van der Waals surface area contributed by atoms with Crippen molar-refractivity contribution in [1.29, 1.82) is 0 Å². The third-order valence-corrected chi connectivity index (χ3v) is 1.93. The molecule has 0 saturated heterocycles. The van der Waals surface area contributed by atoms with Crippen LogP contribution in [0.3, 0.4) is 0 Å². The Morgan fingerprint density at radius 2 is 2.18 bits per heavy atom. The van der Waals surface area contributed by atoms with Gasteiger partial charge in [-0.05, 0) is 28.1 Å². The van der Waals surface area contributed by atoms with Crippen LogP contribution in [0.1, 0.15) is 10.4 Å². The molecule has 0 aliphatic carbocycles. The molecule has 58 valence electrons. The molecule has 2 N–H and O–H groups in total. The number of rotatable bonds is 1. The summed E-state index contributed by atoms with van der Waals surface area (Å²) in [6.07, 6.45) is 0.429. The Morgan fingerprint density at radius 3 is 2.73 bits per heavy atom. The van der Waals surface area contributed by atoms with Crippen molar-refractivity contribution in [3.05, 3.63) is 28.0 Å². The number of anilines is 1. The van der Waals surface area contributed by atoms with Crippen LogP contribution in [0.15, 0.2) is 16.6 Å². The Morgan fingerprint density at radius 1 is 1.55 bits per heavy atom. The van der Waals surface area contributed by atoms with E-state index in [0.717, 1.165) is 0 Å². The highest BCUT2D eigenvalue weighted by Crippen LogP contribution is 2.21. The summed E-state index contributed by atoms with van der Waals surface area (Å²) in [5, 5.41) is 0. The predicted octanol–water partition coefficient (Wildman–Crippen LogP) is 1.98. The van der Waals surface area contributed by atoms with E-state index in [1.807, 2.05) is 0 Å². The minimum atomic E-state index is -0.568. The van der Waals surface area contributed by atoms with Crippen molar-refractivity contribution in [2.75, 3.05) is 5.73 Å². The van der Waals surface area contributed by atoms with Crippen molar-refractivity contribution < 1.29 is 9.18 Å². The smallest absolute Gasteiger partial charge is 0.153 e. The Labute approximate surface area is 71.3 Å². The van der Waals surface area contributed by atoms with Crippen molar-refractivity contribution in [2.24, 2.45) is 0 Å². The fourth-order valence-electron chi connectivity index (χ4n) is 0.674. The van der Waals surface area contributed by atoms with Gasteiger partial charge in [-0.15, -0.1) is 0 Å². The molecule has 1 rings (SSSR count). The van der Waals surface area contributed by atoms with Crippen LogP contribution in [0.25, 0.3) is 0 Å². The van der Waals surface area contributed by atoms with Crippen LogP contribution in [0.2, 0.25) is 0 Å². The van der Waals surface area contributed by atoms with Gasteiger partial charge < -0.3 is 5.73 Å². The highest BCUT2D eigenvalue weighted by Gasteiger charge is 2.04. The molecule has 0 fully saturated rings. The number of carbonyl (C=O) groups is 1. The number of aldehydes is 1. The molecule has 1 aromatic carbocycles. The molecule has 0 aliphatic rings. The van der Waals surface area contributed by atoms with Gasteiger partial charge in [0.25, 0.3) is 0 Å². The molecular formula is C7H5BrFNO. The molecular weight excluding hydrogens is 213 g/mol. The molecule has 2 nitrogen and oxygen atoms in total. The SMILES string of the molecule is Nc1cc(C=O)c(F)cc1Br. The average molecular weight is 218 g/mol. The molecule has 0 atom stereocenters. The Bertz CT molecular complexity index is 301. The topological polar surface area (TPSA) is 43.1 Å². The van der Waals surface area contributed by atoms with Gasteiger partial charge in [0.1, 0.15) is 5.82 Å². The number of benzene rings is 1. The monoisotopic (exact) mass is 217 g/mol. The van der Waals surface area contributed by atoms with Gasteiger partial charge in [0.2, 0.25) is 0 Å². The lowest BCUT2D eigenvalue weighted by Gasteiger charge is -1.99. The number of carbonyl (C=O) groups excluding carboxylic acids is 1. The number of halogens is 2. The first kappa shape index (κ1) is 8.20. The summed E-state index contributed by atoms with van der Waals surface area (Å²) in [7, 11) is 0. The zero-order valence-electron chi connectivity index (χ0n) is 5.47. The highest BCUT2D eigenvalue weighted by atomic mass is 79.9. The zero-order valence-corrected chi connectivity index (χ0v) is 7.06. The summed E-state index contributed by atoms with van der Waals surface area (Å²) >= 11 is 3.03. The van der Waals surface area contributed by atoms with E-state index in [4.69, 9.17) is 5.73 Å². The third kappa shape index (κ3) is 1.57. The van der Waals surface area contributed by atoms with Gasteiger partial charge >= 0.3 is 0 Å². The fourth-order valence-corrected chi connectivity index (χ4v) is 0.989. The molecule has 0 heterocycles.